The minimum atomic E-state index is 0.0274. The zero-order valence-corrected chi connectivity index (χ0v) is 38.4. The highest BCUT2D eigenvalue weighted by atomic mass is 15.3. The molecular weight excluding hydrogens is 801 g/mol. The second-order valence-corrected chi connectivity index (χ2v) is 17.7. The predicted molar refractivity (Wildman–Crippen MR) is 276 cm³/mol. The maximum atomic E-state index is 5.46. The van der Waals surface area contributed by atoms with Crippen LogP contribution in [0.3, 0.4) is 0 Å². The molecule has 10 aromatic rings. The van der Waals surface area contributed by atoms with Crippen LogP contribution in [-0.4, -0.2) is 15.0 Å². The molecule has 0 bridgehead atoms. The Balaban J connectivity index is 1.24. The number of anilines is 3. The summed E-state index contributed by atoms with van der Waals surface area (Å²) in [4.78, 5) is 18.3. The number of nitrogens with zero attached hydrogens (tertiary/aromatic N) is 4. The molecule has 0 aliphatic rings. The maximum Gasteiger partial charge on any atom is 0.238 e. The molecule has 1 heterocycles. The molecule has 0 atom stereocenters. The highest BCUT2D eigenvalue weighted by Gasteiger charge is 2.27. The van der Waals surface area contributed by atoms with E-state index in [-0.39, 0.29) is 5.92 Å². The first-order valence-corrected chi connectivity index (χ1v) is 22.8. The second kappa shape index (κ2) is 17.9. The fourth-order valence-corrected chi connectivity index (χ4v) is 10.0. The Morgan fingerprint density at radius 3 is 1.38 bits per heavy atom. The molecule has 4 nitrogen and oxygen atoms in total. The summed E-state index contributed by atoms with van der Waals surface area (Å²) in [5.41, 5.74) is 19.9. The third kappa shape index (κ3) is 8.30. The zero-order chi connectivity index (χ0) is 45.3. The number of aromatic nitrogens is 3. The lowest BCUT2D eigenvalue weighted by molar-refractivity contribution is 0.919. The van der Waals surface area contributed by atoms with Crippen LogP contribution >= 0.6 is 0 Å². The van der Waals surface area contributed by atoms with E-state index < -0.39 is 0 Å². The zero-order valence-electron chi connectivity index (χ0n) is 38.4. The van der Waals surface area contributed by atoms with E-state index in [4.69, 9.17) is 15.0 Å². The number of benzene rings is 9. The van der Waals surface area contributed by atoms with Gasteiger partial charge in [-0.1, -0.05) is 181 Å². The molecule has 4 heteroatoms. The van der Waals surface area contributed by atoms with Gasteiger partial charge in [-0.2, -0.15) is 9.97 Å². The van der Waals surface area contributed by atoms with Gasteiger partial charge < -0.3 is 0 Å². The van der Waals surface area contributed by atoms with Crippen molar-refractivity contribution in [1.82, 2.24) is 15.0 Å². The summed E-state index contributed by atoms with van der Waals surface area (Å²) in [7, 11) is 0. The van der Waals surface area contributed by atoms with Crippen molar-refractivity contribution in [1.29, 1.82) is 0 Å². The first-order chi connectivity index (χ1) is 32.2. The molecule has 0 aliphatic heterocycles. The molecule has 0 fully saturated rings. The van der Waals surface area contributed by atoms with Gasteiger partial charge in [0.25, 0.3) is 0 Å². The number of hydrogen-bond donors (Lipinski definition) is 0. The van der Waals surface area contributed by atoms with Crippen LogP contribution in [0.5, 0.6) is 0 Å². The first-order valence-electron chi connectivity index (χ1n) is 22.8. The average Bonchev–Trinajstić information content (AvgIpc) is 3.34. The molecule has 0 N–H and O–H groups in total. The number of hydrogen-bond acceptors (Lipinski definition) is 4. The Kier molecular flexibility index (Phi) is 11.4. The van der Waals surface area contributed by atoms with Crippen molar-refractivity contribution in [2.75, 3.05) is 4.90 Å². The lowest BCUT2D eigenvalue weighted by Crippen LogP contribution is -2.16. The van der Waals surface area contributed by atoms with Crippen LogP contribution in [0.25, 0.3) is 55.8 Å². The van der Waals surface area contributed by atoms with Gasteiger partial charge in [0, 0.05) is 22.7 Å². The number of fused-ring (bicyclic) bond motifs is 1. The Morgan fingerprint density at radius 2 is 0.833 bits per heavy atom. The third-order valence-corrected chi connectivity index (χ3v) is 12.8. The summed E-state index contributed by atoms with van der Waals surface area (Å²) in [6.07, 6.45) is 0. The second-order valence-electron chi connectivity index (χ2n) is 17.7. The quantitative estimate of drug-likeness (QED) is 0.129. The van der Waals surface area contributed by atoms with E-state index in [1.165, 1.54) is 50.1 Å². The molecule has 0 spiro atoms. The monoisotopic (exact) mass is 852 g/mol. The Bertz CT molecular complexity index is 3190. The van der Waals surface area contributed by atoms with Crippen LogP contribution in [-0.2, 0) is 0 Å². The van der Waals surface area contributed by atoms with Crippen LogP contribution in [0.15, 0.2) is 200 Å². The summed E-state index contributed by atoms with van der Waals surface area (Å²) < 4.78 is 0. The lowest BCUT2D eigenvalue weighted by atomic mass is 9.77. The van der Waals surface area contributed by atoms with Gasteiger partial charge in [0.15, 0.2) is 11.6 Å². The SMILES string of the molecule is Cc1cc(C)c(C(c2ccc(N(c3cc(-c4ccccc4)cc(-c4ccccc4)c3)c3nc(-c4ccccc4)nc(-c4cccc5ccccc45)n3)cc2)c2c(C)cc(C)cc2C)c(C)c1. The Labute approximate surface area is 389 Å². The molecule has 0 radical (unpaired) electrons. The highest BCUT2D eigenvalue weighted by Crippen LogP contribution is 2.43. The average molecular weight is 853 g/mol. The van der Waals surface area contributed by atoms with Gasteiger partial charge in [-0.05, 0) is 144 Å². The summed E-state index contributed by atoms with van der Waals surface area (Å²) in [5, 5.41) is 2.21. The molecule has 0 saturated heterocycles. The van der Waals surface area contributed by atoms with Crippen LogP contribution < -0.4 is 4.90 Å². The van der Waals surface area contributed by atoms with Gasteiger partial charge in [0.05, 0.1) is 5.69 Å². The van der Waals surface area contributed by atoms with E-state index in [0.29, 0.717) is 17.6 Å². The van der Waals surface area contributed by atoms with E-state index in [1.807, 2.05) is 18.2 Å². The van der Waals surface area contributed by atoms with Crippen molar-refractivity contribution >= 4 is 28.1 Å². The smallest absolute Gasteiger partial charge is 0.238 e. The van der Waals surface area contributed by atoms with Gasteiger partial charge in [0.2, 0.25) is 5.95 Å². The lowest BCUT2D eigenvalue weighted by Gasteiger charge is -2.28. The van der Waals surface area contributed by atoms with Crippen molar-refractivity contribution in [3.05, 3.63) is 250 Å². The standard InChI is InChI=1S/C62H52N4/c1-40-33-42(3)57(43(4)34-40)59(58-44(5)35-41(2)36-45(58)6)49-29-31-53(32-30-49)66(54-38-51(46-19-10-7-11-20-46)37-52(39-54)47-21-12-8-13-22-47)62-64-60(50-24-14-9-15-25-50)63-61(65-62)56-28-18-26-48-23-16-17-27-55(48)56/h7-39,59H,1-6H3. The fraction of sp³-hybridized carbons (Fsp3) is 0.113. The molecule has 320 valence electrons. The highest BCUT2D eigenvalue weighted by molar-refractivity contribution is 5.95. The largest absolute Gasteiger partial charge is 0.279 e. The summed E-state index contributed by atoms with van der Waals surface area (Å²) in [5.74, 6) is 1.76. The third-order valence-electron chi connectivity index (χ3n) is 12.8. The molecule has 10 rings (SSSR count). The van der Waals surface area contributed by atoms with E-state index >= 15 is 0 Å². The summed E-state index contributed by atoms with van der Waals surface area (Å²) in [6, 6.07) is 71.5. The normalized spacial score (nSPS) is 11.3. The molecule has 1 aromatic heterocycles. The van der Waals surface area contributed by atoms with Crippen molar-refractivity contribution in [3.63, 3.8) is 0 Å². The van der Waals surface area contributed by atoms with Crippen molar-refractivity contribution in [2.45, 2.75) is 47.5 Å². The van der Waals surface area contributed by atoms with Gasteiger partial charge in [-0.15, -0.1) is 0 Å². The summed E-state index contributed by atoms with van der Waals surface area (Å²) in [6.45, 7) is 13.4. The first kappa shape index (κ1) is 42.0. The Hall–Kier alpha value is -7.95. The molecular formula is C62H52N4. The predicted octanol–water partition coefficient (Wildman–Crippen LogP) is 16.2. The topological polar surface area (TPSA) is 41.9 Å². The van der Waals surface area contributed by atoms with Crippen molar-refractivity contribution in [3.8, 4) is 45.0 Å². The van der Waals surface area contributed by atoms with E-state index in [9.17, 15) is 0 Å². The Morgan fingerprint density at radius 1 is 0.364 bits per heavy atom. The van der Waals surface area contributed by atoms with Gasteiger partial charge in [-0.25, -0.2) is 4.98 Å². The van der Waals surface area contributed by atoms with Crippen LogP contribution in [0.1, 0.15) is 56.0 Å². The molecule has 0 saturated carbocycles. The molecule has 66 heavy (non-hydrogen) atoms. The fourth-order valence-electron chi connectivity index (χ4n) is 10.0. The number of aryl methyl sites for hydroxylation is 6. The maximum absolute atomic E-state index is 5.46. The van der Waals surface area contributed by atoms with Crippen molar-refractivity contribution in [2.24, 2.45) is 0 Å². The van der Waals surface area contributed by atoms with Crippen molar-refractivity contribution < 1.29 is 0 Å². The molecule has 0 unspecified atom stereocenters. The van der Waals surface area contributed by atoms with Crippen LogP contribution in [0, 0.1) is 41.5 Å². The van der Waals surface area contributed by atoms with Crippen LogP contribution in [0.4, 0.5) is 17.3 Å². The molecule has 9 aromatic carbocycles. The minimum absolute atomic E-state index is 0.0274. The van der Waals surface area contributed by atoms with E-state index in [1.54, 1.807) is 0 Å². The van der Waals surface area contributed by atoms with Gasteiger partial charge in [0.1, 0.15) is 0 Å². The van der Waals surface area contributed by atoms with E-state index in [0.717, 1.165) is 55.5 Å². The van der Waals surface area contributed by atoms with Crippen LogP contribution in [0.2, 0.25) is 0 Å². The van der Waals surface area contributed by atoms with Gasteiger partial charge in [-0.3, -0.25) is 4.90 Å². The van der Waals surface area contributed by atoms with E-state index in [2.05, 4.69) is 228 Å². The molecule has 0 amide bonds. The summed E-state index contributed by atoms with van der Waals surface area (Å²) >= 11 is 0. The minimum Gasteiger partial charge on any atom is -0.279 e. The van der Waals surface area contributed by atoms with Gasteiger partial charge >= 0.3 is 0 Å². The molecule has 0 aliphatic carbocycles. The number of rotatable bonds is 10.